The SMILES string of the molecule is O=c1ccn([C@H]2C[13C@H](O)[C@@H](CO)O2)c(=O)[nH]1. The largest absolute Gasteiger partial charge is 0.394 e. The zero-order valence-electron chi connectivity index (χ0n) is 8.37. The van der Waals surface area contributed by atoms with E-state index in [1.54, 1.807) is 0 Å². The summed E-state index contributed by atoms with van der Waals surface area (Å²) in [4.78, 5) is 24.3. The van der Waals surface area contributed by atoms with Crippen LogP contribution in [0.25, 0.3) is 0 Å². The second kappa shape index (κ2) is 4.20. The van der Waals surface area contributed by atoms with E-state index in [1.165, 1.54) is 16.8 Å². The third-order valence-corrected chi connectivity index (χ3v) is 2.55. The van der Waals surface area contributed by atoms with Gasteiger partial charge in [0.05, 0.1) is 12.7 Å². The van der Waals surface area contributed by atoms with Crippen LogP contribution in [-0.2, 0) is 4.74 Å². The zero-order valence-corrected chi connectivity index (χ0v) is 8.37. The molecule has 0 bridgehead atoms. The fourth-order valence-electron chi connectivity index (χ4n) is 1.70. The highest BCUT2D eigenvalue weighted by Gasteiger charge is 2.34. The molecule has 0 radical (unpaired) electrons. The molecule has 0 spiro atoms. The van der Waals surface area contributed by atoms with Gasteiger partial charge in [-0.25, -0.2) is 4.79 Å². The first-order valence-electron chi connectivity index (χ1n) is 4.87. The quantitative estimate of drug-likeness (QED) is 0.518. The summed E-state index contributed by atoms with van der Waals surface area (Å²) in [5.74, 6) is 0. The molecule has 1 aromatic rings. The van der Waals surface area contributed by atoms with Crippen LogP contribution in [0.4, 0.5) is 0 Å². The minimum atomic E-state index is -0.811. The number of aromatic nitrogens is 2. The number of rotatable bonds is 2. The van der Waals surface area contributed by atoms with Gasteiger partial charge in [0.1, 0.15) is 12.3 Å². The number of hydrogen-bond acceptors (Lipinski definition) is 5. The lowest BCUT2D eigenvalue weighted by Crippen LogP contribution is -2.31. The topological polar surface area (TPSA) is 105 Å². The molecule has 1 aromatic heterocycles. The Labute approximate surface area is 89.9 Å². The molecule has 16 heavy (non-hydrogen) atoms. The highest BCUT2D eigenvalue weighted by molar-refractivity contribution is 4.88. The summed E-state index contributed by atoms with van der Waals surface area (Å²) in [5, 5.41) is 18.4. The van der Waals surface area contributed by atoms with Gasteiger partial charge < -0.3 is 14.9 Å². The van der Waals surface area contributed by atoms with Gasteiger partial charge in [-0.2, -0.15) is 0 Å². The van der Waals surface area contributed by atoms with Gasteiger partial charge in [0, 0.05) is 18.7 Å². The first-order chi connectivity index (χ1) is 7.61. The van der Waals surface area contributed by atoms with Crippen LogP contribution < -0.4 is 11.2 Å². The molecule has 88 valence electrons. The average molecular weight is 229 g/mol. The Kier molecular flexibility index (Phi) is 2.90. The van der Waals surface area contributed by atoms with E-state index in [-0.39, 0.29) is 13.0 Å². The normalized spacial score (nSPS) is 29.5. The Hall–Kier alpha value is -1.44. The second-order valence-corrected chi connectivity index (χ2v) is 3.63. The summed E-state index contributed by atoms with van der Waals surface area (Å²) in [6.07, 6.45) is -0.649. The Morgan fingerprint density at radius 3 is 2.88 bits per heavy atom. The molecule has 0 saturated carbocycles. The number of nitrogens with zero attached hydrogens (tertiary/aromatic N) is 1. The number of ether oxygens (including phenoxy) is 1. The van der Waals surface area contributed by atoms with E-state index in [0.717, 1.165) is 0 Å². The van der Waals surface area contributed by atoms with E-state index in [4.69, 9.17) is 9.84 Å². The van der Waals surface area contributed by atoms with Gasteiger partial charge >= 0.3 is 5.69 Å². The van der Waals surface area contributed by atoms with E-state index in [1.807, 2.05) is 0 Å². The van der Waals surface area contributed by atoms with E-state index in [0.29, 0.717) is 0 Å². The minimum Gasteiger partial charge on any atom is -0.394 e. The van der Waals surface area contributed by atoms with Crippen molar-refractivity contribution in [2.24, 2.45) is 0 Å². The predicted octanol–water partition coefficient (Wildman–Crippen LogP) is -1.82. The Bertz CT molecular complexity index is 479. The van der Waals surface area contributed by atoms with Crippen molar-refractivity contribution in [2.45, 2.75) is 24.9 Å². The molecule has 3 atom stereocenters. The third kappa shape index (κ3) is 1.92. The van der Waals surface area contributed by atoms with Gasteiger partial charge in [-0.1, -0.05) is 0 Å². The maximum Gasteiger partial charge on any atom is 0.330 e. The van der Waals surface area contributed by atoms with Gasteiger partial charge in [0.25, 0.3) is 5.56 Å². The number of H-pyrrole nitrogens is 1. The fraction of sp³-hybridized carbons (Fsp3) is 0.556. The van der Waals surface area contributed by atoms with Gasteiger partial charge in [-0.15, -0.1) is 0 Å². The van der Waals surface area contributed by atoms with Gasteiger partial charge in [-0.05, 0) is 0 Å². The Balaban J connectivity index is 2.27. The molecule has 3 N–H and O–H groups in total. The van der Waals surface area contributed by atoms with Gasteiger partial charge in [-0.3, -0.25) is 14.3 Å². The smallest absolute Gasteiger partial charge is 0.330 e. The molecule has 0 aliphatic carbocycles. The number of aromatic amines is 1. The van der Waals surface area contributed by atoms with Crippen LogP contribution in [0, 0.1) is 0 Å². The lowest BCUT2D eigenvalue weighted by Gasteiger charge is -2.13. The van der Waals surface area contributed by atoms with Crippen LogP contribution in [0.2, 0.25) is 0 Å². The monoisotopic (exact) mass is 229 g/mol. The predicted molar refractivity (Wildman–Crippen MR) is 52.9 cm³/mol. The number of nitrogens with one attached hydrogen (secondary N) is 1. The molecule has 0 amide bonds. The summed E-state index contributed by atoms with van der Waals surface area (Å²) >= 11 is 0. The van der Waals surface area contributed by atoms with Crippen molar-refractivity contribution in [2.75, 3.05) is 6.61 Å². The summed E-state index contributed by atoms with van der Waals surface area (Å²) in [6, 6.07) is 1.20. The molecular weight excluding hydrogens is 217 g/mol. The highest BCUT2D eigenvalue weighted by atomic mass is 16.6. The lowest BCUT2D eigenvalue weighted by atomic mass is 10.4. The molecule has 1 fully saturated rings. The van der Waals surface area contributed by atoms with Crippen LogP contribution in [0.1, 0.15) is 12.6 Å². The summed E-state index contributed by atoms with van der Waals surface area (Å²) in [5.41, 5.74) is -1.08. The van der Waals surface area contributed by atoms with Crippen LogP contribution >= 0.6 is 0 Å². The molecular formula is C9H12N2O5. The molecule has 1 saturated heterocycles. The summed E-state index contributed by atoms with van der Waals surface area (Å²) in [7, 11) is 0. The van der Waals surface area contributed by atoms with Crippen molar-refractivity contribution in [1.82, 2.24) is 9.55 Å². The van der Waals surface area contributed by atoms with Crippen molar-refractivity contribution in [3.8, 4) is 0 Å². The van der Waals surface area contributed by atoms with Gasteiger partial charge in [0.15, 0.2) is 0 Å². The van der Waals surface area contributed by atoms with Crippen molar-refractivity contribution in [1.29, 1.82) is 0 Å². The number of aliphatic hydroxyl groups is 2. The summed E-state index contributed by atoms with van der Waals surface area (Å²) < 4.78 is 6.45. The van der Waals surface area contributed by atoms with E-state index < -0.39 is 29.7 Å². The second-order valence-electron chi connectivity index (χ2n) is 3.63. The Morgan fingerprint density at radius 1 is 1.56 bits per heavy atom. The molecule has 1 aliphatic rings. The van der Waals surface area contributed by atoms with Crippen LogP contribution in [-0.4, -0.2) is 38.6 Å². The van der Waals surface area contributed by atoms with Crippen molar-refractivity contribution in [3.05, 3.63) is 33.1 Å². The maximum absolute atomic E-state index is 11.4. The number of aliphatic hydroxyl groups excluding tert-OH is 2. The Morgan fingerprint density at radius 2 is 2.31 bits per heavy atom. The third-order valence-electron chi connectivity index (χ3n) is 2.55. The van der Waals surface area contributed by atoms with Crippen molar-refractivity contribution in [3.63, 3.8) is 0 Å². The highest BCUT2D eigenvalue weighted by Crippen LogP contribution is 2.26. The molecule has 0 aromatic carbocycles. The van der Waals surface area contributed by atoms with E-state index >= 15 is 0 Å². The standard InChI is InChI=1S/C9H12N2O5/c12-4-6-5(13)3-8(16-6)11-2-1-7(14)10-9(11)15/h1-2,5-6,8,12-13H,3-4H2,(H,10,14,15)/t5-,6+,8+/m0/s1/i5+1. The molecule has 7 heteroatoms. The van der Waals surface area contributed by atoms with E-state index in [2.05, 4.69) is 4.98 Å². The van der Waals surface area contributed by atoms with Crippen molar-refractivity contribution < 1.29 is 14.9 Å². The molecule has 2 rings (SSSR count). The molecule has 2 heterocycles. The average Bonchev–Trinajstić information content (AvgIpc) is 2.59. The van der Waals surface area contributed by atoms with Crippen LogP contribution in [0.3, 0.4) is 0 Å². The maximum atomic E-state index is 11.4. The van der Waals surface area contributed by atoms with Crippen LogP contribution in [0.5, 0.6) is 0 Å². The van der Waals surface area contributed by atoms with Crippen molar-refractivity contribution >= 4 is 0 Å². The lowest BCUT2D eigenvalue weighted by molar-refractivity contribution is -0.0459. The fourth-order valence-corrected chi connectivity index (χ4v) is 1.70. The minimum absolute atomic E-state index is 0.206. The molecule has 7 nitrogen and oxygen atoms in total. The number of hydrogen-bond donors (Lipinski definition) is 3. The molecule has 0 unspecified atom stereocenters. The molecule has 1 aliphatic heterocycles. The van der Waals surface area contributed by atoms with Crippen LogP contribution in [0.15, 0.2) is 21.9 Å². The summed E-state index contributed by atoms with van der Waals surface area (Å²) in [6.45, 7) is -0.310. The zero-order chi connectivity index (χ0) is 11.7. The first kappa shape index (κ1) is 11.1. The van der Waals surface area contributed by atoms with E-state index in [9.17, 15) is 14.7 Å². The van der Waals surface area contributed by atoms with Gasteiger partial charge in [0.2, 0.25) is 0 Å². The first-order valence-corrected chi connectivity index (χ1v) is 4.87.